The molecular weight excluding hydrogens is 285 g/mol. The minimum absolute atomic E-state index is 0.0913. The van der Waals surface area contributed by atoms with Crippen LogP contribution in [0.2, 0.25) is 0 Å². The number of aliphatic carboxylic acids is 1. The molecular formula is C13H16FNO4S. The first-order chi connectivity index (χ1) is 9.27. The van der Waals surface area contributed by atoms with E-state index in [0.717, 1.165) is 18.2 Å². The predicted molar refractivity (Wildman–Crippen MR) is 70.3 cm³/mol. The molecule has 2 N–H and O–H groups in total. The fraction of sp³-hybridized carbons (Fsp3) is 0.462. The largest absolute Gasteiger partial charge is 0.480 e. The van der Waals surface area contributed by atoms with Gasteiger partial charge in [0.1, 0.15) is 11.4 Å². The molecule has 1 aliphatic rings. The Balaban J connectivity index is 2.38. The van der Waals surface area contributed by atoms with Gasteiger partial charge in [0.2, 0.25) is 10.0 Å². The predicted octanol–water partition coefficient (Wildman–Crippen LogP) is 1.81. The van der Waals surface area contributed by atoms with E-state index in [1.807, 2.05) is 0 Å². The molecule has 0 bridgehead atoms. The zero-order valence-electron chi connectivity index (χ0n) is 11.0. The van der Waals surface area contributed by atoms with Crippen LogP contribution in [0.15, 0.2) is 23.1 Å². The molecule has 1 fully saturated rings. The van der Waals surface area contributed by atoms with Gasteiger partial charge in [-0.1, -0.05) is 12.8 Å². The highest BCUT2D eigenvalue weighted by Crippen LogP contribution is 2.32. The summed E-state index contributed by atoms with van der Waals surface area (Å²) < 4.78 is 40.0. The van der Waals surface area contributed by atoms with Gasteiger partial charge in [-0.25, -0.2) is 12.8 Å². The number of hydrogen-bond acceptors (Lipinski definition) is 3. The number of hydrogen-bond donors (Lipinski definition) is 2. The Morgan fingerprint density at radius 3 is 2.45 bits per heavy atom. The van der Waals surface area contributed by atoms with Gasteiger partial charge in [-0.3, -0.25) is 4.79 Å². The van der Waals surface area contributed by atoms with E-state index in [0.29, 0.717) is 12.8 Å². The monoisotopic (exact) mass is 301 g/mol. The summed E-state index contributed by atoms with van der Waals surface area (Å²) in [5, 5.41) is 9.30. The maximum absolute atomic E-state index is 13.0. The molecule has 1 aromatic rings. The molecule has 20 heavy (non-hydrogen) atoms. The molecule has 5 nitrogen and oxygen atoms in total. The molecule has 0 amide bonds. The molecule has 1 aliphatic carbocycles. The van der Waals surface area contributed by atoms with Crippen molar-refractivity contribution < 1.29 is 22.7 Å². The topological polar surface area (TPSA) is 83.5 Å². The number of sulfonamides is 1. The van der Waals surface area contributed by atoms with Gasteiger partial charge in [-0.2, -0.15) is 4.72 Å². The Morgan fingerprint density at radius 2 is 1.95 bits per heavy atom. The quantitative estimate of drug-likeness (QED) is 0.888. The van der Waals surface area contributed by atoms with E-state index in [4.69, 9.17) is 0 Å². The van der Waals surface area contributed by atoms with Crippen LogP contribution in [0.5, 0.6) is 0 Å². The second-order valence-corrected chi connectivity index (χ2v) is 6.76. The van der Waals surface area contributed by atoms with Gasteiger partial charge < -0.3 is 5.11 Å². The average Bonchev–Trinajstić information content (AvgIpc) is 2.77. The van der Waals surface area contributed by atoms with Gasteiger partial charge in [-0.05, 0) is 43.5 Å². The van der Waals surface area contributed by atoms with Crippen LogP contribution in [0.4, 0.5) is 4.39 Å². The van der Waals surface area contributed by atoms with Crippen molar-refractivity contribution in [3.63, 3.8) is 0 Å². The SMILES string of the molecule is Cc1cc(F)ccc1S(=O)(=O)NC1(C(=O)O)CCCC1. The van der Waals surface area contributed by atoms with E-state index in [-0.39, 0.29) is 23.3 Å². The lowest BCUT2D eigenvalue weighted by molar-refractivity contribution is -0.143. The smallest absolute Gasteiger partial charge is 0.324 e. The summed E-state index contributed by atoms with van der Waals surface area (Å²) >= 11 is 0. The molecule has 0 heterocycles. The van der Waals surface area contributed by atoms with E-state index < -0.39 is 27.3 Å². The molecule has 110 valence electrons. The molecule has 0 radical (unpaired) electrons. The van der Waals surface area contributed by atoms with Gasteiger partial charge in [0.15, 0.2) is 0 Å². The number of nitrogens with one attached hydrogen (secondary N) is 1. The summed E-state index contributed by atoms with van der Waals surface area (Å²) in [7, 11) is -3.99. The third-order valence-electron chi connectivity index (χ3n) is 3.62. The Kier molecular flexibility index (Phi) is 3.84. The molecule has 0 spiro atoms. The van der Waals surface area contributed by atoms with Gasteiger partial charge in [0.05, 0.1) is 4.90 Å². The van der Waals surface area contributed by atoms with E-state index in [2.05, 4.69) is 4.72 Å². The molecule has 0 atom stereocenters. The van der Waals surface area contributed by atoms with Crippen molar-refractivity contribution in [1.82, 2.24) is 4.72 Å². The summed E-state index contributed by atoms with van der Waals surface area (Å²) in [4.78, 5) is 11.3. The van der Waals surface area contributed by atoms with Crippen LogP contribution in [-0.4, -0.2) is 25.0 Å². The summed E-state index contributed by atoms with van der Waals surface area (Å²) in [5.74, 6) is -1.70. The Hall–Kier alpha value is -1.47. The fourth-order valence-corrected chi connectivity index (χ4v) is 4.21. The maximum atomic E-state index is 13.0. The normalized spacial score (nSPS) is 18.1. The van der Waals surface area contributed by atoms with E-state index in [1.165, 1.54) is 6.92 Å². The van der Waals surface area contributed by atoms with E-state index in [9.17, 15) is 22.7 Å². The standard InChI is InChI=1S/C13H16FNO4S/c1-9-8-10(14)4-5-11(9)20(18,19)15-13(12(16)17)6-2-3-7-13/h4-5,8,15H,2-3,6-7H2,1H3,(H,16,17). The molecule has 1 aromatic carbocycles. The number of aryl methyl sites for hydroxylation is 1. The van der Waals surface area contributed by atoms with E-state index >= 15 is 0 Å². The summed E-state index contributed by atoms with van der Waals surface area (Å²) in [6.07, 6.45) is 1.86. The second-order valence-electron chi connectivity index (χ2n) is 5.11. The van der Waals surface area contributed by atoms with Crippen LogP contribution in [0, 0.1) is 12.7 Å². The first-order valence-corrected chi connectivity index (χ1v) is 7.79. The van der Waals surface area contributed by atoms with Crippen LogP contribution in [0.25, 0.3) is 0 Å². The average molecular weight is 301 g/mol. The lowest BCUT2D eigenvalue weighted by Gasteiger charge is -2.25. The van der Waals surface area contributed by atoms with Crippen molar-refractivity contribution in [2.75, 3.05) is 0 Å². The van der Waals surface area contributed by atoms with Crippen LogP contribution >= 0.6 is 0 Å². The minimum atomic E-state index is -3.99. The van der Waals surface area contributed by atoms with Crippen molar-refractivity contribution in [2.45, 2.75) is 43.0 Å². The van der Waals surface area contributed by atoms with Gasteiger partial charge in [-0.15, -0.1) is 0 Å². The fourth-order valence-electron chi connectivity index (χ4n) is 2.56. The second kappa shape index (κ2) is 5.14. The zero-order valence-corrected chi connectivity index (χ0v) is 11.8. The van der Waals surface area contributed by atoms with Crippen LogP contribution in [0.1, 0.15) is 31.2 Å². The maximum Gasteiger partial charge on any atom is 0.324 e. The number of carboxylic acid groups (broad SMARTS) is 1. The molecule has 1 saturated carbocycles. The van der Waals surface area contributed by atoms with Gasteiger partial charge >= 0.3 is 5.97 Å². The zero-order chi connectivity index (χ0) is 15.0. The third kappa shape index (κ3) is 2.69. The highest BCUT2D eigenvalue weighted by Gasteiger charge is 2.44. The lowest BCUT2D eigenvalue weighted by Crippen LogP contribution is -2.52. The summed E-state index contributed by atoms with van der Waals surface area (Å²) in [6.45, 7) is 1.47. The summed E-state index contributed by atoms with van der Waals surface area (Å²) in [6, 6.07) is 3.30. The highest BCUT2D eigenvalue weighted by atomic mass is 32.2. The molecule has 0 unspecified atom stereocenters. The van der Waals surface area contributed by atoms with Crippen molar-refractivity contribution in [1.29, 1.82) is 0 Å². The number of rotatable bonds is 4. The lowest BCUT2D eigenvalue weighted by atomic mass is 10.0. The summed E-state index contributed by atoms with van der Waals surface area (Å²) in [5.41, 5.74) is -1.20. The van der Waals surface area contributed by atoms with Crippen LogP contribution in [-0.2, 0) is 14.8 Å². The molecule has 0 saturated heterocycles. The number of benzene rings is 1. The number of carbonyl (C=O) groups is 1. The Labute approximate surface area is 116 Å². The van der Waals surface area contributed by atoms with Crippen LogP contribution in [0.3, 0.4) is 0 Å². The Bertz CT molecular complexity index is 636. The number of carboxylic acids is 1. The van der Waals surface area contributed by atoms with Crippen molar-refractivity contribution in [3.8, 4) is 0 Å². The van der Waals surface area contributed by atoms with Crippen molar-refractivity contribution in [2.24, 2.45) is 0 Å². The van der Waals surface area contributed by atoms with Gasteiger partial charge in [0.25, 0.3) is 0 Å². The molecule has 2 rings (SSSR count). The minimum Gasteiger partial charge on any atom is -0.480 e. The molecule has 0 aromatic heterocycles. The van der Waals surface area contributed by atoms with Crippen molar-refractivity contribution >= 4 is 16.0 Å². The van der Waals surface area contributed by atoms with Crippen molar-refractivity contribution in [3.05, 3.63) is 29.6 Å². The number of halogens is 1. The first kappa shape index (κ1) is 14.9. The van der Waals surface area contributed by atoms with Crippen LogP contribution < -0.4 is 4.72 Å². The third-order valence-corrected chi connectivity index (χ3v) is 5.32. The molecule has 0 aliphatic heterocycles. The highest BCUT2D eigenvalue weighted by molar-refractivity contribution is 7.89. The first-order valence-electron chi connectivity index (χ1n) is 6.30. The molecule has 7 heteroatoms. The van der Waals surface area contributed by atoms with E-state index in [1.54, 1.807) is 0 Å². The Morgan fingerprint density at radius 1 is 1.35 bits per heavy atom. The van der Waals surface area contributed by atoms with Gasteiger partial charge in [0, 0.05) is 0 Å².